The zero-order chi connectivity index (χ0) is 17.6. The second-order valence-corrected chi connectivity index (χ2v) is 6.33. The lowest BCUT2D eigenvalue weighted by Gasteiger charge is -2.31. The molecular weight excluding hydrogens is 318 g/mol. The smallest absolute Gasteiger partial charge is 0.227 e. The molecule has 1 aromatic heterocycles. The van der Waals surface area contributed by atoms with Crippen molar-refractivity contribution < 1.29 is 9.53 Å². The van der Waals surface area contributed by atoms with E-state index in [1.807, 2.05) is 24.3 Å². The van der Waals surface area contributed by atoms with Gasteiger partial charge in [0.05, 0.1) is 5.52 Å². The fourth-order valence-electron chi connectivity index (χ4n) is 3.13. The fraction of sp³-hybridized carbons (Fsp3) is 0.500. The van der Waals surface area contributed by atoms with E-state index in [1.165, 1.54) is 0 Å². The van der Waals surface area contributed by atoms with E-state index in [2.05, 4.69) is 10.2 Å². The van der Waals surface area contributed by atoms with E-state index < -0.39 is 0 Å². The molecule has 0 radical (unpaired) electrons. The highest BCUT2D eigenvalue weighted by Crippen LogP contribution is 2.26. The molecule has 2 heterocycles. The summed E-state index contributed by atoms with van der Waals surface area (Å²) in [7, 11) is 1.70. The third-order valence-electron chi connectivity index (χ3n) is 4.59. The summed E-state index contributed by atoms with van der Waals surface area (Å²) >= 11 is 0. The standard InChI is InChI=1S/C18H25N5O2/c1-25-12-4-9-20-17-14-5-2-3-6-15(14)21-18(22-17)23-10-7-13(8-11-23)16(19)24/h2-3,5-6,13H,4,7-12H2,1H3,(H2,19,24)(H,20,21,22). The van der Waals surface area contributed by atoms with Crippen molar-refractivity contribution in [3.63, 3.8) is 0 Å². The van der Waals surface area contributed by atoms with E-state index in [4.69, 9.17) is 20.4 Å². The number of aromatic nitrogens is 2. The van der Waals surface area contributed by atoms with E-state index in [0.717, 1.165) is 55.6 Å². The molecule has 0 spiro atoms. The SMILES string of the molecule is COCCCNc1nc(N2CCC(C(N)=O)CC2)nc2ccccc12. The number of anilines is 2. The Bertz CT molecular complexity index is 728. The number of hydrogen-bond acceptors (Lipinski definition) is 6. The molecule has 0 aliphatic carbocycles. The minimum atomic E-state index is -0.209. The van der Waals surface area contributed by atoms with Crippen molar-refractivity contribution in [2.24, 2.45) is 11.7 Å². The molecule has 3 N–H and O–H groups in total. The number of amides is 1. The van der Waals surface area contributed by atoms with Crippen LogP contribution in [-0.4, -0.2) is 49.2 Å². The topological polar surface area (TPSA) is 93.4 Å². The van der Waals surface area contributed by atoms with Crippen LogP contribution in [0.5, 0.6) is 0 Å². The third kappa shape index (κ3) is 4.17. The Morgan fingerprint density at radius 1 is 1.32 bits per heavy atom. The van der Waals surface area contributed by atoms with Gasteiger partial charge in [0.25, 0.3) is 0 Å². The van der Waals surface area contributed by atoms with Crippen LogP contribution in [-0.2, 0) is 9.53 Å². The lowest BCUT2D eigenvalue weighted by Crippen LogP contribution is -2.39. The van der Waals surface area contributed by atoms with Gasteiger partial charge in [-0.2, -0.15) is 4.98 Å². The lowest BCUT2D eigenvalue weighted by atomic mass is 9.96. The molecule has 1 aliphatic rings. The molecule has 0 atom stereocenters. The second kappa shape index (κ2) is 8.11. The first-order valence-corrected chi connectivity index (χ1v) is 8.73. The van der Waals surface area contributed by atoms with Gasteiger partial charge in [-0.15, -0.1) is 0 Å². The molecule has 1 aliphatic heterocycles. The zero-order valence-electron chi connectivity index (χ0n) is 14.6. The molecule has 1 saturated heterocycles. The van der Waals surface area contributed by atoms with E-state index in [-0.39, 0.29) is 11.8 Å². The summed E-state index contributed by atoms with van der Waals surface area (Å²) in [6.07, 6.45) is 2.42. The monoisotopic (exact) mass is 343 g/mol. The first-order chi connectivity index (χ1) is 12.2. The number of piperidine rings is 1. The van der Waals surface area contributed by atoms with Gasteiger partial charge in [0.1, 0.15) is 5.82 Å². The molecule has 0 saturated carbocycles. The number of rotatable bonds is 7. The molecule has 1 aromatic carbocycles. The molecule has 7 nitrogen and oxygen atoms in total. The number of fused-ring (bicyclic) bond motifs is 1. The van der Waals surface area contributed by atoms with Crippen molar-refractivity contribution in [1.29, 1.82) is 0 Å². The quantitative estimate of drug-likeness (QED) is 0.744. The van der Waals surface area contributed by atoms with Gasteiger partial charge >= 0.3 is 0 Å². The van der Waals surface area contributed by atoms with Gasteiger partial charge in [0.15, 0.2) is 0 Å². The number of carbonyl (C=O) groups is 1. The number of benzene rings is 1. The van der Waals surface area contributed by atoms with Crippen LogP contribution in [0.3, 0.4) is 0 Å². The van der Waals surface area contributed by atoms with Gasteiger partial charge in [-0.3, -0.25) is 4.79 Å². The van der Waals surface area contributed by atoms with Crippen LogP contribution in [0.15, 0.2) is 24.3 Å². The Labute approximate surface area is 147 Å². The van der Waals surface area contributed by atoms with Gasteiger partial charge in [0.2, 0.25) is 11.9 Å². The minimum Gasteiger partial charge on any atom is -0.385 e. The first-order valence-electron chi connectivity index (χ1n) is 8.73. The van der Waals surface area contributed by atoms with Crippen LogP contribution in [0, 0.1) is 5.92 Å². The molecule has 1 amide bonds. The van der Waals surface area contributed by atoms with Crippen LogP contribution in [0.1, 0.15) is 19.3 Å². The minimum absolute atomic E-state index is 0.0386. The number of nitrogens with two attached hydrogens (primary N) is 1. The molecule has 2 aromatic rings. The number of primary amides is 1. The van der Waals surface area contributed by atoms with Crippen LogP contribution < -0.4 is 16.0 Å². The van der Waals surface area contributed by atoms with Crippen molar-refractivity contribution in [1.82, 2.24) is 9.97 Å². The largest absolute Gasteiger partial charge is 0.385 e. The summed E-state index contributed by atoms with van der Waals surface area (Å²) in [5.41, 5.74) is 6.34. The maximum atomic E-state index is 11.4. The van der Waals surface area contributed by atoms with Crippen LogP contribution in [0.25, 0.3) is 10.9 Å². The molecule has 134 valence electrons. The molecule has 25 heavy (non-hydrogen) atoms. The predicted octanol–water partition coefficient (Wildman–Crippen LogP) is 1.78. The summed E-state index contributed by atoms with van der Waals surface area (Å²) in [5, 5.41) is 4.41. The van der Waals surface area contributed by atoms with Crippen LogP contribution in [0.2, 0.25) is 0 Å². The summed E-state index contributed by atoms with van der Waals surface area (Å²) in [6.45, 7) is 2.99. The van der Waals surface area contributed by atoms with E-state index >= 15 is 0 Å². The third-order valence-corrected chi connectivity index (χ3v) is 4.59. The summed E-state index contributed by atoms with van der Waals surface area (Å²) in [5.74, 6) is 1.30. The van der Waals surface area contributed by atoms with Crippen molar-refractivity contribution in [2.45, 2.75) is 19.3 Å². The van der Waals surface area contributed by atoms with Gasteiger partial charge in [-0.1, -0.05) is 12.1 Å². The number of nitrogens with zero attached hydrogens (tertiary/aromatic N) is 3. The Balaban J connectivity index is 1.80. The molecule has 0 unspecified atom stereocenters. The molecule has 7 heteroatoms. The average molecular weight is 343 g/mol. The number of methoxy groups -OCH3 is 1. The highest BCUT2D eigenvalue weighted by molar-refractivity contribution is 5.90. The maximum absolute atomic E-state index is 11.4. The van der Waals surface area contributed by atoms with Gasteiger partial charge in [-0.25, -0.2) is 4.98 Å². The molecule has 3 rings (SSSR count). The highest BCUT2D eigenvalue weighted by atomic mass is 16.5. The summed E-state index contributed by atoms with van der Waals surface area (Å²) in [4.78, 5) is 22.9. The Hall–Kier alpha value is -2.41. The summed E-state index contributed by atoms with van der Waals surface area (Å²) in [6, 6.07) is 7.99. The van der Waals surface area contributed by atoms with Crippen molar-refractivity contribution in [3.8, 4) is 0 Å². The van der Waals surface area contributed by atoms with Crippen LogP contribution >= 0.6 is 0 Å². The number of carbonyl (C=O) groups excluding carboxylic acids is 1. The predicted molar refractivity (Wildman–Crippen MR) is 98.7 cm³/mol. The zero-order valence-corrected chi connectivity index (χ0v) is 14.6. The molecule has 0 bridgehead atoms. The van der Waals surface area contributed by atoms with E-state index in [0.29, 0.717) is 12.6 Å². The Morgan fingerprint density at radius 3 is 2.80 bits per heavy atom. The average Bonchev–Trinajstić information content (AvgIpc) is 2.65. The fourth-order valence-corrected chi connectivity index (χ4v) is 3.13. The van der Waals surface area contributed by atoms with E-state index in [9.17, 15) is 4.79 Å². The molecule has 1 fully saturated rings. The molecular formula is C18H25N5O2. The van der Waals surface area contributed by atoms with Crippen molar-refractivity contribution in [3.05, 3.63) is 24.3 Å². The van der Waals surface area contributed by atoms with Crippen molar-refractivity contribution in [2.75, 3.05) is 43.6 Å². The highest BCUT2D eigenvalue weighted by Gasteiger charge is 2.25. The van der Waals surface area contributed by atoms with Crippen LogP contribution in [0.4, 0.5) is 11.8 Å². The first kappa shape index (κ1) is 17.4. The Morgan fingerprint density at radius 2 is 2.08 bits per heavy atom. The van der Waals surface area contributed by atoms with Gasteiger partial charge in [0, 0.05) is 44.7 Å². The normalized spacial score (nSPS) is 15.5. The van der Waals surface area contributed by atoms with Gasteiger partial charge in [-0.05, 0) is 31.4 Å². The number of nitrogens with one attached hydrogen (secondary N) is 1. The number of ether oxygens (including phenoxy) is 1. The lowest BCUT2D eigenvalue weighted by molar-refractivity contribution is -0.122. The number of para-hydroxylation sites is 1. The maximum Gasteiger partial charge on any atom is 0.227 e. The van der Waals surface area contributed by atoms with Gasteiger partial charge < -0.3 is 20.7 Å². The summed E-state index contributed by atoms with van der Waals surface area (Å²) < 4.78 is 5.10. The number of hydrogen-bond donors (Lipinski definition) is 2. The Kier molecular flexibility index (Phi) is 5.65. The van der Waals surface area contributed by atoms with E-state index in [1.54, 1.807) is 7.11 Å². The second-order valence-electron chi connectivity index (χ2n) is 6.33. The van der Waals surface area contributed by atoms with Crippen molar-refractivity contribution >= 4 is 28.6 Å².